The highest BCUT2D eigenvalue weighted by Crippen LogP contribution is 2.55. The normalized spacial score (nSPS) is 49.9. The van der Waals surface area contributed by atoms with Crippen molar-refractivity contribution in [1.29, 1.82) is 0 Å². The van der Waals surface area contributed by atoms with Gasteiger partial charge < -0.3 is 90.8 Å². The molecule has 4 rings (SSSR count). The molecule has 3 heterocycles. The first-order valence-electron chi connectivity index (χ1n) is 14.5. The summed E-state index contributed by atoms with van der Waals surface area (Å²) in [5.74, 6) is -10.8. The van der Waals surface area contributed by atoms with Crippen molar-refractivity contribution < 1.29 is 95.7 Å². The maximum absolute atomic E-state index is 12.8. The Balaban J connectivity index is 2.21. The van der Waals surface area contributed by atoms with Crippen LogP contribution in [0.4, 0.5) is 5.69 Å². The summed E-state index contributed by atoms with van der Waals surface area (Å²) < 4.78 is 16.1. The van der Waals surface area contributed by atoms with Crippen molar-refractivity contribution in [3.63, 3.8) is 0 Å². The fourth-order valence-electron chi connectivity index (χ4n) is 6.47. The van der Waals surface area contributed by atoms with Crippen molar-refractivity contribution in [3.05, 3.63) is 38.9 Å². The van der Waals surface area contributed by atoms with E-state index < -0.39 is 136 Å². The van der Waals surface area contributed by atoms with E-state index in [1.165, 1.54) is 0 Å². The standard InChI is InChI=1S/C27H41NO20/c1-22(38)19(35)16(32)12(6-29)46-25(22,41)9-4-10(26(42)23(2,39)20(36)17(33)13(7-30)47-26)15(11(5-9)28(44)45)27(43)24(3,40)21(37)18(34)14(8-31)48-27/h4-5,12-14,16-21,29-43H,6-8H2,1-3H3/t12-,13-,14-,16+,17+,18+,19+,20+,21+,22-,23-,24-,25-,26-,27-/m1/s1. The van der Waals surface area contributed by atoms with Gasteiger partial charge in [0.05, 0.1) is 24.7 Å². The van der Waals surface area contributed by atoms with Crippen LogP contribution in [0.25, 0.3) is 0 Å². The second-order valence-electron chi connectivity index (χ2n) is 12.9. The Morgan fingerprint density at radius 1 is 0.625 bits per heavy atom. The maximum Gasteiger partial charge on any atom is 0.279 e. The van der Waals surface area contributed by atoms with Crippen molar-refractivity contribution in [3.8, 4) is 0 Å². The van der Waals surface area contributed by atoms with Crippen LogP contribution in [0.3, 0.4) is 0 Å². The number of nitro groups is 1. The van der Waals surface area contributed by atoms with E-state index in [0.29, 0.717) is 32.9 Å². The zero-order chi connectivity index (χ0) is 36.7. The molecule has 0 aromatic heterocycles. The lowest BCUT2D eigenvalue weighted by atomic mass is 9.70. The van der Waals surface area contributed by atoms with Gasteiger partial charge in [0.25, 0.3) is 5.69 Å². The molecule has 274 valence electrons. The SMILES string of the molecule is C[C@@]1(O)[C@@H](O)[C@@H](O)[C@@H](CO)O[C@]1(O)c1cc([N+](=O)[O-])c([C@@]2(O)O[C@H](CO)[C@H](O)[C@H](O)[C@@]2(C)O)c([C@@]2(O)O[C@H](CO)[C@H](O)[C@H](O)[C@@]2(C)O)c1. The first-order valence-corrected chi connectivity index (χ1v) is 14.5. The number of rotatable bonds is 7. The number of benzene rings is 1. The molecule has 0 saturated carbocycles. The van der Waals surface area contributed by atoms with E-state index >= 15 is 0 Å². The molecule has 0 amide bonds. The van der Waals surface area contributed by atoms with E-state index in [2.05, 4.69) is 0 Å². The zero-order valence-corrected chi connectivity index (χ0v) is 25.7. The summed E-state index contributed by atoms with van der Waals surface area (Å²) in [4.78, 5) is 11.4. The van der Waals surface area contributed by atoms with Gasteiger partial charge in [-0.25, -0.2) is 0 Å². The summed E-state index contributed by atoms with van der Waals surface area (Å²) in [5.41, 5.74) is -14.9. The minimum absolute atomic E-state index is 0.338. The number of aliphatic hydroxyl groups excluding tert-OH is 9. The second kappa shape index (κ2) is 12.3. The fourth-order valence-corrected chi connectivity index (χ4v) is 6.47. The molecule has 0 aliphatic carbocycles. The molecule has 3 saturated heterocycles. The third kappa shape index (κ3) is 5.10. The Labute approximate surface area is 270 Å². The molecule has 21 nitrogen and oxygen atoms in total. The molecule has 0 radical (unpaired) electrons. The van der Waals surface area contributed by atoms with E-state index in [1.807, 2.05) is 0 Å². The highest BCUT2D eigenvalue weighted by Gasteiger charge is 2.70. The largest absolute Gasteiger partial charge is 0.394 e. The van der Waals surface area contributed by atoms with Gasteiger partial charge in [-0.1, -0.05) is 0 Å². The van der Waals surface area contributed by atoms with Gasteiger partial charge >= 0.3 is 0 Å². The molecular formula is C27H41NO20. The molecule has 48 heavy (non-hydrogen) atoms. The minimum atomic E-state index is -3.72. The topological polar surface area (TPSA) is 374 Å². The van der Waals surface area contributed by atoms with Crippen molar-refractivity contribution >= 4 is 5.69 Å². The zero-order valence-electron chi connectivity index (χ0n) is 25.7. The Kier molecular flexibility index (Phi) is 9.91. The molecule has 0 bridgehead atoms. The molecule has 15 N–H and O–H groups in total. The summed E-state index contributed by atoms with van der Waals surface area (Å²) in [7, 11) is 0. The van der Waals surface area contributed by atoms with Crippen LogP contribution in [0.15, 0.2) is 12.1 Å². The molecule has 3 aliphatic rings. The quantitative estimate of drug-likeness (QED) is 0.0928. The summed E-state index contributed by atoms with van der Waals surface area (Å²) in [6, 6.07) is 0.760. The highest BCUT2D eigenvalue weighted by molar-refractivity contribution is 5.56. The highest BCUT2D eigenvalue weighted by atomic mass is 16.7. The molecular weight excluding hydrogens is 658 g/mol. The first kappa shape index (κ1) is 38.7. The molecule has 15 atom stereocenters. The van der Waals surface area contributed by atoms with Gasteiger partial charge in [0, 0.05) is 17.2 Å². The van der Waals surface area contributed by atoms with Crippen LogP contribution < -0.4 is 0 Å². The van der Waals surface area contributed by atoms with Crippen molar-refractivity contribution in [2.45, 2.75) is 110 Å². The molecule has 0 spiro atoms. The summed E-state index contributed by atoms with van der Waals surface area (Å²) in [5, 5.41) is 176. The third-order valence-corrected chi connectivity index (χ3v) is 9.81. The lowest BCUT2D eigenvalue weighted by molar-refractivity contribution is -0.417. The number of nitrogens with zero attached hydrogens (tertiary/aromatic N) is 1. The fraction of sp³-hybridized carbons (Fsp3) is 0.778. The molecule has 1 aromatic rings. The average Bonchev–Trinajstić information content (AvgIpc) is 3.03. The van der Waals surface area contributed by atoms with Gasteiger partial charge in [-0.2, -0.15) is 0 Å². The van der Waals surface area contributed by atoms with Gasteiger partial charge in [-0.05, 0) is 26.8 Å². The van der Waals surface area contributed by atoms with E-state index in [4.69, 9.17) is 14.2 Å². The van der Waals surface area contributed by atoms with Crippen LogP contribution in [0.5, 0.6) is 0 Å². The Morgan fingerprint density at radius 3 is 1.33 bits per heavy atom. The van der Waals surface area contributed by atoms with Gasteiger partial charge in [0.15, 0.2) is 0 Å². The number of ether oxygens (including phenoxy) is 3. The first-order chi connectivity index (χ1) is 21.9. The van der Waals surface area contributed by atoms with Crippen molar-refractivity contribution in [1.82, 2.24) is 0 Å². The van der Waals surface area contributed by atoms with Gasteiger partial charge in [-0.3, -0.25) is 10.1 Å². The van der Waals surface area contributed by atoms with Gasteiger partial charge in [0.2, 0.25) is 17.4 Å². The molecule has 1 aromatic carbocycles. The van der Waals surface area contributed by atoms with Gasteiger partial charge in [-0.15, -0.1) is 0 Å². The van der Waals surface area contributed by atoms with Gasteiger partial charge in [0.1, 0.15) is 77.3 Å². The number of hydrogen-bond donors (Lipinski definition) is 15. The summed E-state index contributed by atoms with van der Waals surface area (Å²) >= 11 is 0. The van der Waals surface area contributed by atoms with Crippen molar-refractivity contribution in [2.75, 3.05) is 19.8 Å². The van der Waals surface area contributed by atoms with E-state index in [-0.39, 0.29) is 0 Å². The predicted molar refractivity (Wildman–Crippen MR) is 149 cm³/mol. The number of aliphatic hydroxyl groups is 15. The third-order valence-electron chi connectivity index (χ3n) is 9.81. The molecule has 3 fully saturated rings. The predicted octanol–water partition coefficient (Wildman–Crippen LogP) is -7.38. The van der Waals surface area contributed by atoms with E-state index in [0.717, 1.165) is 0 Å². The van der Waals surface area contributed by atoms with Crippen LogP contribution in [0.1, 0.15) is 37.5 Å². The average molecular weight is 700 g/mol. The van der Waals surface area contributed by atoms with Crippen LogP contribution >= 0.6 is 0 Å². The smallest absolute Gasteiger partial charge is 0.279 e. The van der Waals surface area contributed by atoms with Crippen LogP contribution in [0, 0.1) is 10.1 Å². The van der Waals surface area contributed by atoms with E-state index in [9.17, 15) is 86.7 Å². The van der Waals surface area contributed by atoms with Crippen LogP contribution in [0.2, 0.25) is 0 Å². The maximum atomic E-state index is 12.8. The monoisotopic (exact) mass is 699 g/mol. The summed E-state index contributed by atoms with van der Waals surface area (Å²) in [6.07, 6.45) is -19.7. The molecule has 3 aliphatic heterocycles. The van der Waals surface area contributed by atoms with Crippen molar-refractivity contribution in [2.24, 2.45) is 0 Å². The van der Waals surface area contributed by atoms with E-state index in [1.54, 1.807) is 0 Å². The Bertz CT molecular complexity index is 1390. The summed E-state index contributed by atoms with van der Waals surface area (Å²) in [6.45, 7) is -1.58. The van der Waals surface area contributed by atoms with Crippen LogP contribution in [-0.2, 0) is 31.6 Å². The molecule has 0 unspecified atom stereocenters. The Hall–Kier alpha value is -2.10. The minimum Gasteiger partial charge on any atom is -0.394 e. The number of nitro benzene ring substituents is 1. The molecule has 21 heteroatoms. The lowest BCUT2D eigenvalue weighted by Gasteiger charge is -2.55. The number of hydrogen-bond acceptors (Lipinski definition) is 20. The Morgan fingerprint density at radius 2 is 0.958 bits per heavy atom. The second-order valence-corrected chi connectivity index (χ2v) is 12.9. The lowest BCUT2D eigenvalue weighted by Crippen LogP contribution is -2.73. The van der Waals surface area contributed by atoms with Crippen LogP contribution in [-0.4, -0.2) is 173 Å².